The quantitative estimate of drug-likeness (QED) is 0.769. The number of aromatic nitrogens is 2. The molecule has 2 N–H and O–H groups in total. The van der Waals surface area contributed by atoms with Crippen LogP contribution in [0.25, 0.3) is 11.3 Å². The molecule has 1 saturated carbocycles. The third kappa shape index (κ3) is 3.26. The third-order valence-electron chi connectivity index (χ3n) is 5.51. The summed E-state index contributed by atoms with van der Waals surface area (Å²) in [5.41, 5.74) is 0.699. The van der Waals surface area contributed by atoms with Crippen molar-refractivity contribution in [2.75, 3.05) is 11.9 Å². The molecule has 4 rings (SSSR count). The average Bonchev–Trinajstić information content (AvgIpc) is 3.24. The van der Waals surface area contributed by atoms with E-state index in [9.17, 15) is 14.4 Å². The van der Waals surface area contributed by atoms with Crippen LogP contribution in [-0.4, -0.2) is 44.8 Å². The minimum atomic E-state index is -0.857. The third-order valence-corrected chi connectivity index (χ3v) is 6.27. The molecule has 0 unspecified atom stereocenters. The minimum absolute atomic E-state index is 0.0618. The number of carbonyl (C=O) groups excluding carboxylic acids is 3. The number of hydrogen-bond donors (Lipinski definition) is 2. The number of amides is 4. The Labute approximate surface area is 166 Å². The molecule has 1 spiro atoms. The van der Waals surface area contributed by atoms with Gasteiger partial charge in [0, 0.05) is 23.3 Å². The predicted molar refractivity (Wildman–Crippen MR) is 105 cm³/mol. The number of imide groups is 1. The fraction of sp³-hybridized carbons (Fsp3) is 0.421. The van der Waals surface area contributed by atoms with Crippen LogP contribution in [0, 0.1) is 5.92 Å². The first-order chi connectivity index (χ1) is 13.5. The second-order valence-corrected chi connectivity index (χ2v) is 8.13. The Balaban J connectivity index is 1.42. The molecule has 2 aromatic heterocycles. The van der Waals surface area contributed by atoms with E-state index in [-0.39, 0.29) is 18.4 Å². The van der Waals surface area contributed by atoms with Crippen LogP contribution in [0.2, 0.25) is 0 Å². The SMILES string of the molecule is C[C@@H]1CCCC[C@@]12NC(=O)N(CC(=O)Nc1nc(-c3cccnc3)cs1)C2=O. The number of thiazole rings is 1. The highest BCUT2D eigenvalue weighted by Crippen LogP contribution is 2.38. The van der Waals surface area contributed by atoms with E-state index in [0.29, 0.717) is 17.2 Å². The van der Waals surface area contributed by atoms with Gasteiger partial charge < -0.3 is 10.6 Å². The lowest BCUT2D eigenvalue weighted by Crippen LogP contribution is -2.54. The molecule has 1 aliphatic heterocycles. The number of carbonyl (C=O) groups is 3. The van der Waals surface area contributed by atoms with Gasteiger partial charge in [0.05, 0.1) is 5.69 Å². The van der Waals surface area contributed by atoms with Gasteiger partial charge in [-0.2, -0.15) is 0 Å². The molecule has 1 aliphatic carbocycles. The van der Waals surface area contributed by atoms with Crippen molar-refractivity contribution < 1.29 is 14.4 Å². The standard InChI is InChI=1S/C19H21N5O3S/c1-12-5-2-3-7-19(12)16(26)24(18(27)23-19)10-15(25)22-17-21-14(11-28-17)13-6-4-8-20-9-13/h4,6,8-9,11-12H,2-3,5,7,10H2,1H3,(H,23,27)(H,21,22,25)/t12-,19-/m1/s1. The molecule has 4 amide bonds. The monoisotopic (exact) mass is 399 g/mol. The second kappa shape index (κ2) is 7.31. The first kappa shape index (κ1) is 18.5. The van der Waals surface area contributed by atoms with Crippen molar-refractivity contribution in [1.82, 2.24) is 20.2 Å². The van der Waals surface area contributed by atoms with E-state index < -0.39 is 17.5 Å². The molecular weight excluding hydrogens is 378 g/mol. The molecule has 8 nitrogen and oxygen atoms in total. The molecule has 2 aromatic rings. The van der Waals surface area contributed by atoms with Crippen LogP contribution in [0.3, 0.4) is 0 Å². The van der Waals surface area contributed by atoms with Crippen LogP contribution in [0.5, 0.6) is 0 Å². The van der Waals surface area contributed by atoms with Gasteiger partial charge in [0.2, 0.25) is 5.91 Å². The Morgan fingerprint density at radius 1 is 1.43 bits per heavy atom. The summed E-state index contributed by atoms with van der Waals surface area (Å²) >= 11 is 1.28. The Hall–Kier alpha value is -2.81. The fourth-order valence-corrected chi connectivity index (χ4v) is 4.66. The molecule has 0 bridgehead atoms. The van der Waals surface area contributed by atoms with Crippen molar-refractivity contribution in [3.8, 4) is 11.3 Å². The van der Waals surface area contributed by atoms with Crippen molar-refractivity contribution in [1.29, 1.82) is 0 Å². The Bertz CT molecular complexity index is 915. The molecule has 2 atom stereocenters. The number of nitrogens with one attached hydrogen (secondary N) is 2. The molecule has 0 radical (unpaired) electrons. The highest BCUT2D eigenvalue weighted by Gasteiger charge is 2.55. The van der Waals surface area contributed by atoms with Crippen LogP contribution in [0.1, 0.15) is 32.6 Å². The van der Waals surface area contributed by atoms with E-state index in [4.69, 9.17) is 0 Å². The first-order valence-corrected chi connectivity index (χ1v) is 10.2. The number of pyridine rings is 1. The van der Waals surface area contributed by atoms with Crippen LogP contribution in [-0.2, 0) is 9.59 Å². The summed E-state index contributed by atoms with van der Waals surface area (Å²) in [6, 6.07) is 3.20. The maximum atomic E-state index is 12.9. The predicted octanol–water partition coefficient (Wildman–Crippen LogP) is 2.64. The largest absolute Gasteiger partial charge is 0.325 e. The van der Waals surface area contributed by atoms with E-state index >= 15 is 0 Å². The minimum Gasteiger partial charge on any atom is -0.323 e. The molecule has 2 fully saturated rings. The van der Waals surface area contributed by atoms with Gasteiger partial charge in [0.1, 0.15) is 12.1 Å². The Morgan fingerprint density at radius 2 is 2.29 bits per heavy atom. The number of rotatable bonds is 4. The zero-order valence-corrected chi connectivity index (χ0v) is 16.3. The molecular formula is C19H21N5O3S. The highest BCUT2D eigenvalue weighted by atomic mass is 32.1. The molecule has 28 heavy (non-hydrogen) atoms. The number of nitrogens with zero attached hydrogens (tertiary/aromatic N) is 3. The van der Waals surface area contributed by atoms with Crippen molar-refractivity contribution in [3.05, 3.63) is 29.9 Å². The fourth-order valence-electron chi connectivity index (χ4n) is 3.92. The van der Waals surface area contributed by atoms with Gasteiger partial charge >= 0.3 is 6.03 Å². The van der Waals surface area contributed by atoms with Gasteiger partial charge in [0.25, 0.3) is 5.91 Å². The lowest BCUT2D eigenvalue weighted by Gasteiger charge is -2.36. The van der Waals surface area contributed by atoms with Gasteiger partial charge in [-0.15, -0.1) is 11.3 Å². The van der Waals surface area contributed by atoms with E-state index in [1.807, 2.05) is 24.4 Å². The lowest BCUT2D eigenvalue weighted by molar-refractivity contribution is -0.136. The lowest BCUT2D eigenvalue weighted by atomic mass is 9.73. The normalized spacial score (nSPS) is 24.5. The summed E-state index contributed by atoms with van der Waals surface area (Å²) in [4.78, 5) is 47.2. The van der Waals surface area contributed by atoms with Gasteiger partial charge in [-0.3, -0.25) is 19.5 Å². The Kier molecular flexibility index (Phi) is 4.84. The summed E-state index contributed by atoms with van der Waals surface area (Å²) in [7, 11) is 0. The van der Waals surface area contributed by atoms with E-state index in [1.54, 1.807) is 12.4 Å². The van der Waals surface area contributed by atoms with Gasteiger partial charge in [-0.05, 0) is 30.9 Å². The van der Waals surface area contributed by atoms with Gasteiger partial charge in [-0.25, -0.2) is 9.78 Å². The number of anilines is 1. The van der Waals surface area contributed by atoms with Gasteiger partial charge in [0.15, 0.2) is 5.13 Å². The highest BCUT2D eigenvalue weighted by molar-refractivity contribution is 7.14. The van der Waals surface area contributed by atoms with Crippen LogP contribution >= 0.6 is 11.3 Å². The molecule has 2 aliphatic rings. The van der Waals surface area contributed by atoms with Gasteiger partial charge in [-0.1, -0.05) is 19.8 Å². The first-order valence-electron chi connectivity index (χ1n) is 9.29. The van der Waals surface area contributed by atoms with E-state index in [0.717, 1.165) is 29.7 Å². The number of hydrogen-bond acceptors (Lipinski definition) is 6. The summed E-state index contributed by atoms with van der Waals surface area (Å²) in [5, 5.41) is 7.76. The maximum Gasteiger partial charge on any atom is 0.325 e. The average molecular weight is 399 g/mol. The smallest absolute Gasteiger partial charge is 0.323 e. The zero-order chi connectivity index (χ0) is 19.7. The summed E-state index contributed by atoms with van der Waals surface area (Å²) in [5.74, 6) is -0.682. The molecule has 1 saturated heterocycles. The van der Waals surface area contributed by atoms with Crippen molar-refractivity contribution in [3.63, 3.8) is 0 Å². The maximum absolute atomic E-state index is 12.9. The van der Waals surface area contributed by atoms with Crippen LogP contribution in [0.4, 0.5) is 9.93 Å². The van der Waals surface area contributed by atoms with E-state index in [1.165, 1.54) is 11.3 Å². The number of urea groups is 1. The zero-order valence-electron chi connectivity index (χ0n) is 15.5. The van der Waals surface area contributed by atoms with Crippen LogP contribution < -0.4 is 10.6 Å². The topological polar surface area (TPSA) is 104 Å². The van der Waals surface area contributed by atoms with Crippen molar-refractivity contribution >= 4 is 34.3 Å². The molecule has 9 heteroatoms. The molecule has 3 heterocycles. The second-order valence-electron chi connectivity index (χ2n) is 7.27. The van der Waals surface area contributed by atoms with Crippen molar-refractivity contribution in [2.45, 2.75) is 38.1 Å². The Morgan fingerprint density at radius 3 is 3.04 bits per heavy atom. The van der Waals surface area contributed by atoms with E-state index in [2.05, 4.69) is 20.6 Å². The van der Waals surface area contributed by atoms with Crippen molar-refractivity contribution in [2.24, 2.45) is 5.92 Å². The van der Waals surface area contributed by atoms with Crippen LogP contribution in [0.15, 0.2) is 29.9 Å². The summed E-state index contributed by atoms with van der Waals surface area (Å²) in [6.07, 6.45) is 6.83. The summed E-state index contributed by atoms with van der Waals surface area (Å²) < 4.78 is 0. The molecule has 146 valence electrons. The molecule has 0 aromatic carbocycles. The summed E-state index contributed by atoms with van der Waals surface area (Å²) in [6.45, 7) is 1.66.